The Balaban J connectivity index is 0.00000220. The number of aromatic nitrogens is 2. The van der Waals surface area contributed by atoms with Gasteiger partial charge in [-0.05, 0) is 38.2 Å². The third kappa shape index (κ3) is 3.95. The Morgan fingerprint density at radius 1 is 1.29 bits per heavy atom. The summed E-state index contributed by atoms with van der Waals surface area (Å²) in [6, 6.07) is 3.96. The van der Waals surface area contributed by atoms with Gasteiger partial charge in [0.05, 0.1) is 0 Å². The molecule has 0 aliphatic heterocycles. The standard InChI is InChI=1S/C13H14F3N3O.ClH/c1-8(17-2)7-11-18-12(20-19-11)13(15,16)9-3-5-10(14)6-4-9;/h3-6,8,17H,7H2,1-2H3;1H. The lowest BCUT2D eigenvalue weighted by atomic mass is 10.1. The van der Waals surface area contributed by atoms with Crippen molar-refractivity contribution in [3.05, 3.63) is 47.4 Å². The molecule has 1 aromatic heterocycles. The number of nitrogens with zero attached hydrogens (tertiary/aromatic N) is 2. The van der Waals surface area contributed by atoms with Gasteiger partial charge in [0.2, 0.25) is 0 Å². The zero-order valence-electron chi connectivity index (χ0n) is 11.4. The van der Waals surface area contributed by atoms with Gasteiger partial charge in [0.25, 0.3) is 0 Å². The summed E-state index contributed by atoms with van der Waals surface area (Å²) in [4.78, 5) is 3.71. The van der Waals surface area contributed by atoms with Gasteiger partial charge in [-0.3, -0.25) is 0 Å². The maximum Gasteiger partial charge on any atom is 0.350 e. The van der Waals surface area contributed by atoms with Gasteiger partial charge in [0.15, 0.2) is 5.82 Å². The summed E-state index contributed by atoms with van der Waals surface area (Å²) in [6.45, 7) is 1.87. The number of nitrogens with one attached hydrogen (secondary N) is 1. The van der Waals surface area contributed by atoms with Crippen molar-refractivity contribution in [3.8, 4) is 0 Å². The van der Waals surface area contributed by atoms with E-state index in [4.69, 9.17) is 0 Å². The Hall–Kier alpha value is -1.60. The van der Waals surface area contributed by atoms with Crippen molar-refractivity contribution in [2.24, 2.45) is 0 Å². The summed E-state index contributed by atoms with van der Waals surface area (Å²) in [5, 5.41) is 6.48. The quantitative estimate of drug-likeness (QED) is 0.920. The van der Waals surface area contributed by atoms with Crippen LogP contribution in [0.15, 0.2) is 28.8 Å². The summed E-state index contributed by atoms with van der Waals surface area (Å²) in [6.07, 6.45) is 0.375. The van der Waals surface area contributed by atoms with Crippen molar-refractivity contribution in [1.29, 1.82) is 0 Å². The van der Waals surface area contributed by atoms with E-state index in [-0.39, 0.29) is 24.3 Å². The van der Waals surface area contributed by atoms with Crippen LogP contribution in [-0.2, 0) is 12.3 Å². The second-order valence-corrected chi connectivity index (χ2v) is 4.49. The Labute approximate surface area is 126 Å². The van der Waals surface area contributed by atoms with E-state index in [1.54, 1.807) is 7.05 Å². The summed E-state index contributed by atoms with van der Waals surface area (Å²) in [7, 11) is 1.75. The number of rotatable bonds is 5. The van der Waals surface area contributed by atoms with Gasteiger partial charge in [-0.1, -0.05) is 5.16 Å². The molecular formula is C13H15ClF3N3O. The Morgan fingerprint density at radius 2 is 1.90 bits per heavy atom. The molecule has 0 saturated carbocycles. The van der Waals surface area contributed by atoms with Gasteiger partial charge in [0.1, 0.15) is 5.82 Å². The molecule has 0 bridgehead atoms. The molecule has 0 aliphatic rings. The molecule has 116 valence electrons. The van der Waals surface area contributed by atoms with E-state index in [1.807, 2.05) is 6.92 Å². The number of halogens is 4. The van der Waals surface area contributed by atoms with Crippen LogP contribution in [-0.4, -0.2) is 23.2 Å². The predicted molar refractivity (Wildman–Crippen MR) is 73.2 cm³/mol. The van der Waals surface area contributed by atoms with Gasteiger partial charge in [-0.25, -0.2) is 4.39 Å². The lowest BCUT2D eigenvalue weighted by molar-refractivity contribution is 0.00756. The first-order valence-corrected chi connectivity index (χ1v) is 6.07. The summed E-state index contributed by atoms with van der Waals surface area (Å²) < 4.78 is 45.6. The zero-order valence-corrected chi connectivity index (χ0v) is 12.3. The molecule has 1 unspecified atom stereocenters. The topological polar surface area (TPSA) is 51.0 Å². The molecular weight excluding hydrogens is 307 g/mol. The fourth-order valence-corrected chi connectivity index (χ4v) is 1.62. The van der Waals surface area contributed by atoms with Crippen molar-refractivity contribution < 1.29 is 17.7 Å². The summed E-state index contributed by atoms with van der Waals surface area (Å²) in [5.41, 5.74) is -0.393. The normalized spacial score (nSPS) is 12.8. The third-order valence-corrected chi connectivity index (χ3v) is 2.93. The number of likely N-dealkylation sites (N-methyl/N-ethyl adjacent to an activating group) is 1. The van der Waals surface area contributed by atoms with Gasteiger partial charge >= 0.3 is 11.8 Å². The van der Waals surface area contributed by atoms with E-state index >= 15 is 0 Å². The van der Waals surface area contributed by atoms with Crippen LogP contribution >= 0.6 is 12.4 Å². The highest BCUT2D eigenvalue weighted by atomic mass is 35.5. The van der Waals surface area contributed by atoms with Gasteiger partial charge in [-0.2, -0.15) is 13.8 Å². The molecule has 0 fully saturated rings. The Bertz CT molecular complexity index is 574. The molecule has 4 nitrogen and oxygen atoms in total. The van der Waals surface area contributed by atoms with Crippen molar-refractivity contribution >= 4 is 12.4 Å². The summed E-state index contributed by atoms with van der Waals surface area (Å²) in [5.74, 6) is -4.62. The number of hydrogen-bond acceptors (Lipinski definition) is 4. The van der Waals surface area contributed by atoms with Crippen LogP contribution in [0.2, 0.25) is 0 Å². The molecule has 1 aromatic carbocycles. The highest BCUT2D eigenvalue weighted by Crippen LogP contribution is 2.34. The van der Waals surface area contributed by atoms with Crippen LogP contribution < -0.4 is 5.32 Å². The van der Waals surface area contributed by atoms with Crippen LogP contribution in [0, 0.1) is 5.82 Å². The van der Waals surface area contributed by atoms with Crippen LogP contribution in [0.3, 0.4) is 0 Å². The minimum absolute atomic E-state index is 0. The SMILES string of the molecule is CNC(C)Cc1noc(C(F)(F)c2ccc(F)cc2)n1.Cl. The first-order chi connectivity index (χ1) is 9.43. The van der Waals surface area contributed by atoms with E-state index in [0.29, 0.717) is 6.42 Å². The highest BCUT2D eigenvalue weighted by molar-refractivity contribution is 5.85. The Morgan fingerprint density at radius 3 is 2.48 bits per heavy atom. The maximum atomic E-state index is 14.1. The third-order valence-electron chi connectivity index (χ3n) is 2.93. The van der Waals surface area contributed by atoms with Crippen molar-refractivity contribution in [2.75, 3.05) is 7.05 Å². The average Bonchev–Trinajstić information content (AvgIpc) is 2.88. The minimum Gasteiger partial charge on any atom is -0.332 e. The van der Waals surface area contributed by atoms with Crippen molar-refractivity contribution in [1.82, 2.24) is 15.5 Å². The smallest absolute Gasteiger partial charge is 0.332 e. The van der Waals surface area contributed by atoms with Crippen molar-refractivity contribution in [3.63, 3.8) is 0 Å². The molecule has 1 N–H and O–H groups in total. The van der Waals surface area contributed by atoms with E-state index in [0.717, 1.165) is 24.3 Å². The van der Waals surface area contributed by atoms with E-state index < -0.39 is 23.2 Å². The molecule has 0 amide bonds. The second kappa shape index (κ2) is 6.91. The second-order valence-electron chi connectivity index (χ2n) is 4.49. The van der Waals surface area contributed by atoms with E-state index in [1.165, 1.54) is 0 Å². The highest BCUT2D eigenvalue weighted by Gasteiger charge is 2.40. The lowest BCUT2D eigenvalue weighted by Crippen LogP contribution is -2.24. The summed E-state index contributed by atoms with van der Waals surface area (Å²) >= 11 is 0. The predicted octanol–water partition coefficient (Wildman–Crippen LogP) is 2.92. The number of benzene rings is 1. The number of hydrogen-bond donors (Lipinski definition) is 1. The molecule has 0 saturated heterocycles. The molecule has 2 aromatic rings. The fraction of sp³-hybridized carbons (Fsp3) is 0.385. The van der Waals surface area contributed by atoms with E-state index in [9.17, 15) is 13.2 Å². The largest absolute Gasteiger partial charge is 0.350 e. The molecule has 1 atom stereocenters. The molecule has 1 heterocycles. The molecule has 0 radical (unpaired) electrons. The zero-order chi connectivity index (χ0) is 14.8. The first-order valence-electron chi connectivity index (χ1n) is 6.07. The molecule has 8 heteroatoms. The molecule has 0 aliphatic carbocycles. The Kier molecular flexibility index (Phi) is 5.74. The van der Waals surface area contributed by atoms with Crippen LogP contribution in [0.25, 0.3) is 0 Å². The van der Waals surface area contributed by atoms with Gasteiger partial charge in [0, 0.05) is 18.0 Å². The average molecular weight is 322 g/mol. The van der Waals surface area contributed by atoms with E-state index in [2.05, 4.69) is 20.0 Å². The monoisotopic (exact) mass is 321 g/mol. The van der Waals surface area contributed by atoms with Crippen LogP contribution in [0.1, 0.15) is 24.2 Å². The minimum atomic E-state index is -3.44. The van der Waals surface area contributed by atoms with Crippen molar-refractivity contribution in [2.45, 2.75) is 25.3 Å². The molecule has 2 rings (SSSR count). The fourth-order valence-electron chi connectivity index (χ4n) is 1.62. The van der Waals surface area contributed by atoms with Crippen LogP contribution in [0.4, 0.5) is 13.2 Å². The van der Waals surface area contributed by atoms with Crippen LogP contribution in [0.5, 0.6) is 0 Å². The molecule has 21 heavy (non-hydrogen) atoms. The number of alkyl halides is 2. The lowest BCUT2D eigenvalue weighted by Gasteiger charge is -2.11. The molecule has 0 spiro atoms. The van der Waals surface area contributed by atoms with Gasteiger partial charge in [-0.15, -0.1) is 12.4 Å². The van der Waals surface area contributed by atoms with Gasteiger partial charge < -0.3 is 9.84 Å². The maximum absolute atomic E-state index is 14.1. The first kappa shape index (κ1) is 17.5.